The van der Waals surface area contributed by atoms with Gasteiger partial charge in [-0.3, -0.25) is 9.59 Å². The van der Waals surface area contributed by atoms with E-state index in [0.717, 1.165) is 9.88 Å². The summed E-state index contributed by atoms with van der Waals surface area (Å²) in [5.74, 6) is -1.29. The fraction of sp³-hybridized carbons (Fsp3) is 0.118. The Labute approximate surface area is 151 Å². The fourth-order valence-corrected chi connectivity index (χ4v) is 3.95. The van der Waals surface area contributed by atoms with Crippen molar-refractivity contribution in [2.75, 3.05) is 10.6 Å². The Morgan fingerprint density at radius 2 is 2.00 bits per heavy atom. The highest BCUT2D eigenvalue weighted by Gasteiger charge is 2.18. The minimum absolute atomic E-state index is 0.00160. The van der Waals surface area contributed by atoms with Crippen LogP contribution in [0.4, 0.5) is 15.8 Å². The zero-order valence-corrected chi connectivity index (χ0v) is 15.1. The number of rotatable bonds is 4. The number of aromatic nitrogens is 1. The maximum Gasteiger partial charge on any atom is 0.267 e. The third kappa shape index (κ3) is 3.92. The number of benzene rings is 1. The largest absolute Gasteiger partial charge is 0.326 e. The van der Waals surface area contributed by atoms with Crippen molar-refractivity contribution in [2.24, 2.45) is 0 Å². The molecule has 0 aliphatic heterocycles. The molecule has 0 fully saturated rings. The lowest BCUT2D eigenvalue weighted by Crippen LogP contribution is -2.13. The van der Waals surface area contributed by atoms with Gasteiger partial charge < -0.3 is 10.6 Å². The Hall–Kier alpha value is -2.58. The SMILES string of the molecule is CC(=O)Nc1ccc(F)c(NC(=O)c2sc(-c3cccs3)nc2C)c1. The summed E-state index contributed by atoms with van der Waals surface area (Å²) in [6.07, 6.45) is 0. The van der Waals surface area contributed by atoms with Gasteiger partial charge in [0.1, 0.15) is 15.7 Å². The van der Waals surface area contributed by atoms with Crippen LogP contribution in [0.5, 0.6) is 0 Å². The molecule has 0 bridgehead atoms. The van der Waals surface area contributed by atoms with E-state index >= 15 is 0 Å². The highest BCUT2D eigenvalue weighted by molar-refractivity contribution is 7.22. The highest BCUT2D eigenvalue weighted by atomic mass is 32.1. The number of carbonyl (C=O) groups is 2. The molecule has 2 N–H and O–H groups in total. The summed E-state index contributed by atoms with van der Waals surface area (Å²) in [5.41, 5.74) is 0.996. The van der Waals surface area contributed by atoms with Crippen LogP contribution in [0.3, 0.4) is 0 Å². The van der Waals surface area contributed by atoms with Gasteiger partial charge >= 0.3 is 0 Å². The molecule has 3 rings (SSSR count). The minimum Gasteiger partial charge on any atom is -0.326 e. The van der Waals surface area contributed by atoms with Crippen molar-refractivity contribution >= 4 is 45.9 Å². The van der Waals surface area contributed by atoms with Gasteiger partial charge in [0.25, 0.3) is 5.91 Å². The molecule has 25 heavy (non-hydrogen) atoms. The summed E-state index contributed by atoms with van der Waals surface area (Å²) < 4.78 is 14.0. The molecule has 0 aliphatic rings. The van der Waals surface area contributed by atoms with Crippen LogP contribution >= 0.6 is 22.7 Å². The standard InChI is InChI=1S/C17H14FN3O2S2/c1-9-15(25-17(19-9)14-4-3-7-24-14)16(23)21-13-8-11(20-10(2)22)5-6-12(13)18/h3-8H,1-2H3,(H,20,22)(H,21,23). The third-order valence-corrected chi connectivity index (χ3v) is 5.46. The van der Waals surface area contributed by atoms with Crippen molar-refractivity contribution in [1.29, 1.82) is 0 Å². The zero-order valence-electron chi connectivity index (χ0n) is 13.4. The first kappa shape index (κ1) is 17.2. The van der Waals surface area contributed by atoms with Crippen molar-refractivity contribution in [3.05, 3.63) is 52.1 Å². The van der Waals surface area contributed by atoms with Crippen LogP contribution in [-0.4, -0.2) is 16.8 Å². The van der Waals surface area contributed by atoms with Crippen LogP contribution in [0.1, 0.15) is 22.3 Å². The van der Waals surface area contributed by atoms with Crippen molar-refractivity contribution in [2.45, 2.75) is 13.8 Å². The topological polar surface area (TPSA) is 71.1 Å². The van der Waals surface area contributed by atoms with Crippen molar-refractivity contribution in [3.63, 3.8) is 0 Å². The van der Waals surface area contributed by atoms with Gasteiger partial charge in [0.15, 0.2) is 0 Å². The van der Waals surface area contributed by atoms with E-state index in [-0.39, 0.29) is 11.6 Å². The lowest BCUT2D eigenvalue weighted by atomic mass is 10.2. The van der Waals surface area contributed by atoms with Gasteiger partial charge in [-0.25, -0.2) is 9.37 Å². The van der Waals surface area contributed by atoms with Crippen LogP contribution < -0.4 is 10.6 Å². The van der Waals surface area contributed by atoms with Crippen LogP contribution in [0.15, 0.2) is 35.7 Å². The highest BCUT2D eigenvalue weighted by Crippen LogP contribution is 2.31. The Balaban J connectivity index is 1.84. The molecule has 2 amide bonds. The van der Waals surface area contributed by atoms with E-state index in [2.05, 4.69) is 15.6 Å². The fourth-order valence-electron chi connectivity index (χ4n) is 2.19. The number of thiazole rings is 1. The van der Waals surface area contributed by atoms with E-state index in [1.807, 2.05) is 17.5 Å². The van der Waals surface area contributed by atoms with E-state index < -0.39 is 11.7 Å². The van der Waals surface area contributed by atoms with E-state index in [1.54, 1.807) is 6.92 Å². The number of amides is 2. The number of hydrogen-bond acceptors (Lipinski definition) is 5. The molecule has 3 aromatic rings. The molecule has 0 saturated heterocycles. The smallest absolute Gasteiger partial charge is 0.267 e. The van der Waals surface area contributed by atoms with Gasteiger partial charge in [0.05, 0.1) is 16.3 Å². The predicted molar refractivity (Wildman–Crippen MR) is 98.8 cm³/mol. The Kier molecular flexibility index (Phi) is 4.91. The van der Waals surface area contributed by atoms with Crippen LogP contribution in [0, 0.1) is 12.7 Å². The quantitative estimate of drug-likeness (QED) is 0.704. The van der Waals surface area contributed by atoms with E-state index in [0.29, 0.717) is 16.3 Å². The van der Waals surface area contributed by atoms with Crippen molar-refractivity contribution in [1.82, 2.24) is 4.98 Å². The molecule has 0 atom stereocenters. The summed E-state index contributed by atoms with van der Waals surface area (Å²) in [6.45, 7) is 3.10. The normalized spacial score (nSPS) is 10.5. The number of hydrogen-bond donors (Lipinski definition) is 2. The second kappa shape index (κ2) is 7.12. The molecule has 5 nitrogen and oxygen atoms in total. The maximum absolute atomic E-state index is 14.0. The molecule has 0 unspecified atom stereocenters. The number of anilines is 2. The second-order valence-electron chi connectivity index (χ2n) is 5.24. The van der Waals surface area contributed by atoms with Gasteiger partial charge in [0, 0.05) is 12.6 Å². The summed E-state index contributed by atoms with van der Waals surface area (Å²) >= 11 is 2.80. The van der Waals surface area contributed by atoms with Gasteiger partial charge in [-0.2, -0.15) is 0 Å². The van der Waals surface area contributed by atoms with E-state index in [4.69, 9.17) is 0 Å². The average molecular weight is 375 g/mol. The molecule has 0 spiro atoms. The first-order chi connectivity index (χ1) is 11.9. The molecule has 0 saturated carbocycles. The van der Waals surface area contributed by atoms with Gasteiger partial charge in [-0.1, -0.05) is 6.07 Å². The van der Waals surface area contributed by atoms with Crippen molar-refractivity contribution < 1.29 is 14.0 Å². The second-order valence-corrected chi connectivity index (χ2v) is 7.19. The summed E-state index contributed by atoms with van der Waals surface area (Å²) in [7, 11) is 0. The molecule has 1 aromatic carbocycles. The first-order valence-corrected chi connectivity index (χ1v) is 9.03. The molecule has 2 aromatic heterocycles. The summed E-state index contributed by atoms with van der Waals surface area (Å²) in [4.78, 5) is 29.4. The zero-order chi connectivity index (χ0) is 18.0. The third-order valence-electron chi connectivity index (χ3n) is 3.27. The monoisotopic (exact) mass is 375 g/mol. The number of halogens is 1. The molecule has 0 aliphatic carbocycles. The van der Waals surface area contributed by atoms with Crippen LogP contribution in [-0.2, 0) is 4.79 Å². The number of thiophene rings is 1. The minimum atomic E-state index is -0.580. The van der Waals surface area contributed by atoms with Crippen LogP contribution in [0.25, 0.3) is 9.88 Å². The van der Waals surface area contributed by atoms with Gasteiger partial charge in [0.2, 0.25) is 5.91 Å². The summed E-state index contributed by atoms with van der Waals surface area (Å²) in [5, 5.41) is 7.80. The van der Waals surface area contributed by atoms with Gasteiger partial charge in [-0.05, 0) is 36.6 Å². The lowest BCUT2D eigenvalue weighted by Gasteiger charge is -2.08. The van der Waals surface area contributed by atoms with Crippen molar-refractivity contribution in [3.8, 4) is 9.88 Å². The Morgan fingerprint density at radius 3 is 2.68 bits per heavy atom. The molecule has 2 heterocycles. The van der Waals surface area contributed by atoms with E-state index in [9.17, 15) is 14.0 Å². The summed E-state index contributed by atoms with van der Waals surface area (Å²) in [6, 6.07) is 7.85. The van der Waals surface area contributed by atoms with Crippen LogP contribution in [0.2, 0.25) is 0 Å². The Morgan fingerprint density at radius 1 is 1.20 bits per heavy atom. The number of nitrogens with one attached hydrogen (secondary N) is 2. The van der Waals surface area contributed by atoms with Gasteiger partial charge in [-0.15, -0.1) is 22.7 Å². The molecular formula is C17H14FN3O2S2. The molecule has 128 valence electrons. The maximum atomic E-state index is 14.0. The van der Waals surface area contributed by atoms with E-state index in [1.165, 1.54) is 47.8 Å². The number of carbonyl (C=O) groups excluding carboxylic acids is 2. The number of nitrogens with zero attached hydrogens (tertiary/aromatic N) is 1. The molecule has 0 radical (unpaired) electrons. The Bertz CT molecular complexity index is 936. The number of aryl methyl sites for hydroxylation is 1. The lowest BCUT2D eigenvalue weighted by molar-refractivity contribution is -0.114. The predicted octanol–water partition coefficient (Wildman–Crippen LogP) is 4.53. The molecule has 8 heteroatoms. The first-order valence-electron chi connectivity index (χ1n) is 7.34. The average Bonchev–Trinajstić information content (AvgIpc) is 3.19. The molecular weight excluding hydrogens is 361 g/mol.